The Kier molecular flexibility index (Phi) is 3.48. The predicted molar refractivity (Wildman–Crippen MR) is 67.8 cm³/mol. The monoisotopic (exact) mass is 251 g/mol. The normalized spacial score (nSPS) is 14.4. The topological polar surface area (TPSA) is 37.4 Å². The van der Waals surface area contributed by atoms with Crippen LogP contribution in [0.25, 0.3) is 0 Å². The minimum Gasteiger partial charge on any atom is -0.312 e. The Labute approximate surface area is 105 Å². The zero-order valence-corrected chi connectivity index (χ0v) is 10.5. The molecule has 0 spiro atoms. The van der Waals surface area contributed by atoms with Crippen LogP contribution in [0.15, 0.2) is 18.2 Å². The summed E-state index contributed by atoms with van der Waals surface area (Å²) in [5, 5.41) is 0. The van der Waals surface area contributed by atoms with Crippen molar-refractivity contribution in [2.24, 2.45) is 0 Å². The third-order valence-electron chi connectivity index (χ3n) is 3.02. The highest BCUT2D eigenvalue weighted by atomic mass is 35.5. The van der Waals surface area contributed by atoms with Crippen LogP contribution in [0, 0.1) is 0 Å². The van der Waals surface area contributed by atoms with Gasteiger partial charge in [0.15, 0.2) is 5.78 Å². The number of halogens is 1. The Morgan fingerprint density at radius 2 is 2.18 bits per heavy atom. The third kappa shape index (κ3) is 2.34. The lowest BCUT2D eigenvalue weighted by atomic mass is 9.98. The second kappa shape index (κ2) is 4.88. The van der Waals surface area contributed by atoms with Gasteiger partial charge in [0.1, 0.15) is 0 Å². The number of carbonyl (C=O) groups is 2. The van der Waals surface area contributed by atoms with Crippen molar-refractivity contribution in [2.45, 2.75) is 19.8 Å². The average molecular weight is 252 g/mol. The molecule has 0 fully saturated rings. The van der Waals surface area contributed by atoms with Crippen LogP contribution in [0.4, 0.5) is 5.69 Å². The molecule has 17 heavy (non-hydrogen) atoms. The molecule has 0 bridgehead atoms. The molecule has 1 aliphatic heterocycles. The highest BCUT2D eigenvalue weighted by Crippen LogP contribution is 2.28. The zero-order valence-electron chi connectivity index (χ0n) is 9.70. The molecule has 4 heteroatoms. The molecule has 0 saturated heterocycles. The maximum absolute atomic E-state index is 11.5. The van der Waals surface area contributed by atoms with Crippen molar-refractivity contribution in [2.75, 3.05) is 17.3 Å². The van der Waals surface area contributed by atoms with Gasteiger partial charge in [-0.2, -0.15) is 0 Å². The SMILES string of the molecule is CC(=O)N1CCCc2cc(C(=O)CCl)ccc21. The standard InChI is InChI=1S/C13H14ClNO2/c1-9(16)15-6-2-3-10-7-11(13(17)8-14)4-5-12(10)15/h4-5,7H,2-3,6,8H2,1H3. The molecular formula is C13H14ClNO2. The summed E-state index contributed by atoms with van der Waals surface area (Å²) in [7, 11) is 0. The molecule has 0 saturated carbocycles. The fourth-order valence-electron chi connectivity index (χ4n) is 2.17. The summed E-state index contributed by atoms with van der Waals surface area (Å²) >= 11 is 5.53. The van der Waals surface area contributed by atoms with E-state index in [-0.39, 0.29) is 17.6 Å². The molecule has 0 aromatic heterocycles. The molecule has 0 unspecified atom stereocenters. The molecule has 0 N–H and O–H groups in total. The van der Waals surface area contributed by atoms with Crippen LogP contribution in [0.1, 0.15) is 29.3 Å². The summed E-state index contributed by atoms with van der Waals surface area (Å²) in [6, 6.07) is 5.44. The summed E-state index contributed by atoms with van der Waals surface area (Å²) in [5.74, 6) is -0.0355. The number of fused-ring (bicyclic) bond motifs is 1. The Balaban J connectivity index is 2.39. The van der Waals surface area contributed by atoms with Crippen molar-refractivity contribution >= 4 is 29.0 Å². The average Bonchev–Trinajstić information content (AvgIpc) is 2.36. The van der Waals surface area contributed by atoms with E-state index in [2.05, 4.69) is 0 Å². The van der Waals surface area contributed by atoms with E-state index in [0.29, 0.717) is 5.56 Å². The first-order chi connectivity index (χ1) is 8.13. The summed E-state index contributed by atoms with van der Waals surface area (Å²) < 4.78 is 0. The van der Waals surface area contributed by atoms with E-state index in [1.54, 1.807) is 17.9 Å². The smallest absolute Gasteiger partial charge is 0.223 e. The van der Waals surface area contributed by atoms with Crippen molar-refractivity contribution in [3.63, 3.8) is 0 Å². The molecule has 0 radical (unpaired) electrons. The van der Waals surface area contributed by atoms with Gasteiger partial charge in [-0.05, 0) is 36.6 Å². The minimum absolute atomic E-state index is 0.00475. The number of carbonyl (C=O) groups excluding carboxylic acids is 2. The number of benzene rings is 1. The van der Waals surface area contributed by atoms with Crippen molar-refractivity contribution < 1.29 is 9.59 Å². The van der Waals surface area contributed by atoms with Crippen LogP contribution in [0.5, 0.6) is 0 Å². The first-order valence-corrected chi connectivity index (χ1v) is 6.17. The number of hydrogen-bond acceptors (Lipinski definition) is 2. The van der Waals surface area contributed by atoms with E-state index in [0.717, 1.165) is 30.6 Å². The van der Waals surface area contributed by atoms with Crippen LogP contribution in [-0.2, 0) is 11.2 Å². The van der Waals surface area contributed by atoms with Crippen LogP contribution >= 0.6 is 11.6 Å². The second-order valence-electron chi connectivity index (χ2n) is 4.17. The van der Waals surface area contributed by atoms with E-state index in [1.165, 1.54) is 0 Å². The number of anilines is 1. The van der Waals surface area contributed by atoms with Gasteiger partial charge in [0.25, 0.3) is 0 Å². The van der Waals surface area contributed by atoms with Gasteiger partial charge < -0.3 is 4.90 Å². The van der Waals surface area contributed by atoms with Gasteiger partial charge >= 0.3 is 0 Å². The summed E-state index contributed by atoms with van der Waals surface area (Å²) in [6.45, 7) is 2.32. The molecule has 90 valence electrons. The largest absolute Gasteiger partial charge is 0.312 e. The number of amides is 1. The number of Topliss-reactive ketones (excluding diaryl/α,β-unsaturated/α-hetero) is 1. The Morgan fingerprint density at radius 3 is 2.82 bits per heavy atom. The molecule has 1 heterocycles. The minimum atomic E-state index is -0.0746. The van der Waals surface area contributed by atoms with Crippen LogP contribution in [0.2, 0.25) is 0 Å². The van der Waals surface area contributed by atoms with E-state index >= 15 is 0 Å². The fraction of sp³-hybridized carbons (Fsp3) is 0.385. The number of ketones is 1. The number of nitrogens with zero attached hydrogens (tertiary/aromatic N) is 1. The fourth-order valence-corrected chi connectivity index (χ4v) is 2.33. The highest BCUT2D eigenvalue weighted by molar-refractivity contribution is 6.30. The predicted octanol–water partition coefficient (Wildman–Crippen LogP) is 2.41. The number of aryl methyl sites for hydroxylation is 1. The van der Waals surface area contributed by atoms with Gasteiger partial charge in [0, 0.05) is 24.7 Å². The first-order valence-electron chi connectivity index (χ1n) is 5.63. The quantitative estimate of drug-likeness (QED) is 0.598. The second-order valence-corrected chi connectivity index (χ2v) is 4.44. The molecule has 2 rings (SSSR count). The van der Waals surface area contributed by atoms with Gasteiger partial charge in [-0.1, -0.05) is 0 Å². The Morgan fingerprint density at radius 1 is 1.41 bits per heavy atom. The van der Waals surface area contributed by atoms with Crippen molar-refractivity contribution in [3.05, 3.63) is 29.3 Å². The zero-order chi connectivity index (χ0) is 12.4. The van der Waals surface area contributed by atoms with Gasteiger partial charge in [-0.3, -0.25) is 9.59 Å². The molecule has 3 nitrogen and oxygen atoms in total. The third-order valence-corrected chi connectivity index (χ3v) is 3.26. The molecule has 1 aromatic rings. The van der Waals surface area contributed by atoms with E-state index in [1.807, 2.05) is 12.1 Å². The van der Waals surface area contributed by atoms with Crippen molar-refractivity contribution in [3.8, 4) is 0 Å². The molecule has 0 atom stereocenters. The van der Waals surface area contributed by atoms with E-state index in [9.17, 15) is 9.59 Å². The molecule has 0 aliphatic carbocycles. The Hall–Kier alpha value is -1.35. The molecule has 1 aliphatic rings. The maximum atomic E-state index is 11.5. The highest BCUT2D eigenvalue weighted by Gasteiger charge is 2.20. The molecule has 1 aromatic carbocycles. The van der Waals surface area contributed by atoms with Gasteiger partial charge in [-0.15, -0.1) is 11.6 Å². The van der Waals surface area contributed by atoms with E-state index in [4.69, 9.17) is 11.6 Å². The lowest BCUT2D eigenvalue weighted by molar-refractivity contribution is -0.116. The van der Waals surface area contributed by atoms with Gasteiger partial charge in [0.05, 0.1) is 5.88 Å². The number of alkyl halides is 1. The number of hydrogen-bond donors (Lipinski definition) is 0. The lowest BCUT2D eigenvalue weighted by Gasteiger charge is -2.28. The molecular weight excluding hydrogens is 238 g/mol. The van der Waals surface area contributed by atoms with Gasteiger partial charge in [0.2, 0.25) is 5.91 Å². The van der Waals surface area contributed by atoms with E-state index < -0.39 is 0 Å². The Bertz CT molecular complexity index is 470. The maximum Gasteiger partial charge on any atom is 0.223 e. The summed E-state index contributed by atoms with van der Waals surface area (Å²) in [6.07, 6.45) is 1.84. The molecule has 1 amide bonds. The van der Waals surface area contributed by atoms with Crippen molar-refractivity contribution in [1.82, 2.24) is 0 Å². The van der Waals surface area contributed by atoms with Crippen LogP contribution < -0.4 is 4.90 Å². The van der Waals surface area contributed by atoms with Crippen LogP contribution in [0.3, 0.4) is 0 Å². The lowest BCUT2D eigenvalue weighted by Crippen LogP contribution is -2.33. The number of rotatable bonds is 2. The van der Waals surface area contributed by atoms with Crippen LogP contribution in [-0.4, -0.2) is 24.1 Å². The van der Waals surface area contributed by atoms with Crippen molar-refractivity contribution in [1.29, 1.82) is 0 Å². The van der Waals surface area contributed by atoms with Gasteiger partial charge in [-0.25, -0.2) is 0 Å². The summed E-state index contributed by atoms with van der Waals surface area (Å²) in [5.41, 5.74) is 2.61. The summed E-state index contributed by atoms with van der Waals surface area (Å²) in [4.78, 5) is 24.7. The first kappa shape index (κ1) is 12.1.